The normalized spacial score (nSPS) is 10.9. The van der Waals surface area contributed by atoms with Crippen molar-refractivity contribution in [1.82, 2.24) is 5.43 Å². The Morgan fingerprint density at radius 3 is 2.53 bits per heavy atom. The molecule has 0 saturated carbocycles. The summed E-state index contributed by atoms with van der Waals surface area (Å²) in [6.45, 7) is 0.0727. The molecule has 0 fully saturated rings. The Balaban J connectivity index is 1.65. The summed E-state index contributed by atoms with van der Waals surface area (Å²) in [5, 5.41) is 4.93. The molecular formula is C23H17Br3Cl2N2O4. The summed E-state index contributed by atoms with van der Waals surface area (Å²) in [7, 11) is 1.53. The molecule has 0 bridgehead atoms. The van der Waals surface area contributed by atoms with Crippen molar-refractivity contribution >= 4 is 83.1 Å². The molecule has 1 amide bonds. The molecule has 6 nitrogen and oxygen atoms in total. The van der Waals surface area contributed by atoms with Crippen molar-refractivity contribution in [1.29, 1.82) is 0 Å². The molecule has 0 unspecified atom stereocenters. The van der Waals surface area contributed by atoms with Gasteiger partial charge in [0.1, 0.15) is 12.4 Å². The lowest BCUT2D eigenvalue weighted by atomic mass is 10.2. The molecule has 1 N–H and O–H groups in total. The van der Waals surface area contributed by atoms with Gasteiger partial charge in [0.25, 0.3) is 5.91 Å². The van der Waals surface area contributed by atoms with Gasteiger partial charge in [-0.1, -0.05) is 51.3 Å². The van der Waals surface area contributed by atoms with Gasteiger partial charge in [-0.2, -0.15) is 5.10 Å². The highest BCUT2D eigenvalue weighted by Crippen LogP contribution is 2.42. The van der Waals surface area contributed by atoms with Gasteiger partial charge >= 0.3 is 0 Å². The molecule has 0 heterocycles. The van der Waals surface area contributed by atoms with Crippen LogP contribution >= 0.6 is 71.0 Å². The Morgan fingerprint density at radius 2 is 1.82 bits per heavy atom. The van der Waals surface area contributed by atoms with Crippen LogP contribution < -0.4 is 19.6 Å². The van der Waals surface area contributed by atoms with Crippen molar-refractivity contribution in [3.63, 3.8) is 0 Å². The first-order valence-electron chi connectivity index (χ1n) is 9.61. The van der Waals surface area contributed by atoms with E-state index in [1.807, 2.05) is 18.2 Å². The number of benzene rings is 3. The fourth-order valence-electron chi connectivity index (χ4n) is 2.68. The molecule has 178 valence electrons. The molecule has 0 atom stereocenters. The minimum Gasteiger partial charge on any atom is -0.493 e. The first-order valence-corrected chi connectivity index (χ1v) is 12.7. The fourth-order valence-corrected chi connectivity index (χ4v) is 4.32. The Hall–Kier alpha value is -1.78. The van der Waals surface area contributed by atoms with E-state index < -0.39 is 5.91 Å². The van der Waals surface area contributed by atoms with Crippen LogP contribution in [-0.4, -0.2) is 25.8 Å². The van der Waals surface area contributed by atoms with Gasteiger partial charge in [0.05, 0.1) is 27.8 Å². The van der Waals surface area contributed by atoms with E-state index in [4.69, 9.17) is 37.4 Å². The van der Waals surface area contributed by atoms with Crippen molar-refractivity contribution in [3.8, 4) is 17.2 Å². The molecule has 0 aromatic heterocycles. The zero-order valence-corrected chi connectivity index (χ0v) is 23.9. The summed E-state index contributed by atoms with van der Waals surface area (Å²) in [4.78, 5) is 12.0. The zero-order chi connectivity index (χ0) is 24.7. The molecular weight excluding hydrogens is 679 g/mol. The van der Waals surface area contributed by atoms with Crippen molar-refractivity contribution in [2.24, 2.45) is 5.10 Å². The van der Waals surface area contributed by atoms with E-state index in [0.717, 1.165) is 10.0 Å². The van der Waals surface area contributed by atoms with Gasteiger partial charge in [0.2, 0.25) is 0 Å². The summed E-state index contributed by atoms with van der Waals surface area (Å²) in [5.41, 5.74) is 3.93. The van der Waals surface area contributed by atoms with E-state index in [-0.39, 0.29) is 13.2 Å². The number of hydrazone groups is 1. The molecule has 0 aliphatic heterocycles. The number of halogens is 5. The van der Waals surface area contributed by atoms with Crippen LogP contribution in [-0.2, 0) is 11.4 Å². The van der Waals surface area contributed by atoms with Crippen molar-refractivity contribution in [3.05, 3.63) is 83.1 Å². The van der Waals surface area contributed by atoms with Crippen LogP contribution in [0, 0.1) is 0 Å². The maximum atomic E-state index is 12.0. The molecule has 0 spiro atoms. The average Bonchev–Trinajstić information content (AvgIpc) is 2.82. The third-order valence-electron chi connectivity index (χ3n) is 4.30. The smallest absolute Gasteiger partial charge is 0.277 e. The van der Waals surface area contributed by atoms with Crippen LogP contribution in [0.4, 0.5) is 0 Å². The number of hydrogen-bond acceptors (Lipinski definition) is 5. The predicted octanol–water partition coefficient (Wildman–Crippen LogP) is 7.40. The number of methoxy groups -OCH3 is 1. The highest BCUT2D eigenvalue weighted by Gasteiger charge is 2.17. The van der Waals surface area contributed by atoms with Crippen LogP contribution in [0.5, 0.6) is 17.2 Å². The Labute approximate surface area is 231 Å². The molecule has 11 heteroatoms. The summed E-state index contributed by atoms with van der Waals surface area (Å²) in [6.07, 6.45) is 1.48. The minimum atomic E-state index is -0.403. The largest absolute Gasteiger partial charge is 0.493 e. The van der Waals surface area contributed by atoms with Crippen molar-refractivity contribution in [2.45, 2.75) is 6.61 Å². The minimum absolute atomic E-state index is 0.177. The van der Waals surface area contributed by atoms with Crippen molar-refractivity contribution < 1.29 is 19.0 Å². The Bertz CT molecular complexity index is 1230. The van der Waals surface area contributed by atoms with Crippen LogP contribution in [0.25, 0.3) is 0 Å². The van der Waals surface area contributed by atoms with E-state index in [9.17, 15) is 4.79 Å². The Morgan fingerprint density at radius 1 is 1.03 bits per heavy atom. The number of nitrogens with one attached hydrogen (secondary N) is 1. The second-order valence-electron chi connectivity index (χ2n) is 6.70. The van der Waals surface area contributed by atoms with Gasteiger partial charge in [-0.25, -0.2) is 5.43 Å². The molecule has 3 aromatic carbocycles. The number of rotatable bonds is 9. The second kappa shape index (κ2) is 12.8. The summed E-state index contributed by atoms with van der Waals surface area (Å²) in [5.74, 6) is 1.13. The number of carbonyl (C=O) groups is 1. The molecule has 34 heavy (non-hydrogen) atoms. The van der Waals surface area contributed by atoms with Gasteiger partial charge in [-0.05, 0) is 73.8 Å². The molecule has 0 aliphatic carbocycles. The van der Waals surface area contributed by atoms with Gasteiger partial charge in [-0.15, -0.1) is 0 Å². The molecule has 0 radical (unpaired) electrons. The maximum absolute atomic E-state index is 12.0. The standard InChI is InChI=1S/C23H17Br3Cl2N2O4/c1-32-19-8-14(10-29-30-20(31)12-33-16-4-2-3-15(24)9-16)21(25)22(26)23(19)34-11-13-5-6-17(27)18(28)7-13/h2-10H,11-12H2,1H3,(H,30,31)/b29-10+. The third-order valence-corrected chi connectivity index (χ3v) is 7.68. The summed E-state index contributed by atoms with van der Waals surface area (Å²) < 4.78 is 19.0. The zero-order valence-electron chi connectivity index (χ0n) is 17.6. The lowest BCUT2D eigenvalue weighted by Crippen LogP contribution is -2.24. The average molecular weight is 696 g/mol. The van der Waals surface area contributed by atoms with Crippen LogP contribution in [0.2, 0.25) is 10.0 Å². The van der Waals surface area contributed by atoms with Crippen LogP contribution in [0.15, 0.2) is 67.1 Å². The number of amides is 1. The number of carbonyl (C=O) groups excluding carboxylic acids is 1. The van der Waals surface area contributed by atoms with Gasteiger partial charge in [0, 0.05) is 14.5 Å². The van der Waals surface area contributed by atoms with Gasteiger partial charge < -0.3 is 14.2 Å². The second-order valence-corrected chi connectivity index (χ2v) is 10.0. The number of nitrogens with zero attached hydrogens (tertiary/aromatic N) is 1. The van der Waals surface area contributed by atoms with Crippen molar-refractivity contribution in [2.75, 3.05) is 13.7 Å². The van der Waals surface area contributed by atoms with E-state index in [1.54, 1.807) is 30.3 Å². The molecule has 3 aromatic rings. The first kappa shape index (κ1) is 26.8. The third kappa shape index (κ3) is 7.36. The lowest BCUT2D eigenvalue weighted by Gasteiger charge is -2.15. The first-order chi connectivity index (χ1) is 16.3. The van der Waals surface area contributed by atoms with Crippen LogP contribution in [0.3, 0.4) is 0 Å². The van der Waals surface area contributed by atoms with Crippen LogP contribution in [0.1, 0.15) is 11.1 Å². The molecule has 3 rings (SSSR count). The fraction of sp³-hybridized carbons (Fsp3) is 0.130. The molecule has 0 aliphatic rings. The highest BCUT2D eigenvalue weighted by molar-refractivity contribution is 9.13. The lowest BCUT2D eigenvalue weighted by molar-refractivity contribution is -0.123. The topological polar surface area (TPSA) is 69.2 Å². The monoisotopic (exact) mass is 692 g/mol. The number of ether oxygens (including phenoxy) is 3. The van der Waals surface area contributed by atoms with E-state index >= 15 is 0 Å². The number of hydrogen-bond donors (Lipinski definition) is 1. The highest BCUT2D eigenvalue weighted by atomic mass is 79.9. The maximum Gasteiger partial charge on any atom is 0.277 e. The quantitative estimate of drug-likeness (QED) is 0.187. The molecule has 0 saturated heterocycles. The van der Waals surface area contributed by atoms with Gasteiger partial charge in [0.15, 0.2) is 18.1 Å². The SMILES string of the molecule is COc1cc(/C=N/NC(=O)COc2cccc(Br)c2)c(Br)c(Br)c1OCc1ccc(Cl)c(Cl)c1. The predicted molar refractivity (Wildman–Crippen MR) is 145 cm³/mol. The summed E-state index contributed by atoms with van der Waals surface area (Å²) in [6, 6.07) is 14.2. The van der Waals surface area contributed by atoms with E-state index in [0.29, 0.717) is 41.8 Å². The van der Waals surface area contributed by atoms with E-state index in [2.05, 4.69) is 58.3 Å². The van der Waals surface area contributed by atoms with E-state index in [1.165, 1.54) is 13.3 Å². The van der Waals surface area contributed by atoms with Gasteiger partial charge in [-0.3, -0.25) is 4.79 Å². The Kier molecular flexibility index (Phi) is 10.1. The summed E-state index contributed by atoms with van der Waals surface area (Å²) >= 11 is 22.4.